The van der Waals surface area contributed by atoms with Crippen molar-refractivity contribution in [2.75, 3.05) is 6.54 Å². The Kier molecular flexibility index (Phi) is 10.3. The first-order valence-electron chi connectivity index (χ1n) is 12.5. The molecular formula is C27H34N7O3. The maximum atomic E-state index is 12.9. The molecule has 37 heavy (non-hydrogen) atoms. The van der Waals surface area contributed by atoms with E-state index in [0.717, 1.165) is 24.8 Å². The van der Waals surface area contributed by atoms with Gasteiger partial charge >= 0.3 is 0 Å². The fourth-order valence-corrected chi connectivity index (χ4v) is 3.49. The van der Waals surface area contributed by atoms with E-state index in [1.807, 2.05) is 26.0 Å². The van der Waals surface area contributed by atoms with Gasteiger partial charge in [0.05, 0.1) is 5.69 Å². The number of hydrogen-bond donors (Lipinski definition) is 3. The maximum Gasteiger partial charge on any atom is 0.251 e. The minimum atomic E-state index is -0.958. The molecule has 1 aromatic heterocycles. The van der Waals surface area contributed by atoms with Crippen molar-refractivity contribution in [3.63, 3.8) is 0 Å². The molecule has 0 aliphatic rings. The molecule has 0 bridgehead atoms. The third kappa shape index (κ3) is 8.52. The van der Waals surface area contributed by atoms with Crippen LogP contribution >= 0.6 is 0 Å². The summed E-state index contributed by atoms with van der Waals surface area (Å²) in [7, 11) is 0. The average Bonchev–Trinajstić information content (AvgIpc) is 3.45. The first-order valence-corrected chi connectivity index (χ1v) is 12.5. The van der Waals surface area contributed by atoms with E-state index in [2.05, 4.69) is 38.4 Å². The first kappa shape index (κ1) is 27.5. The topological polar surface area (TPSA) is 131 Å². The van der Waals surface area contributed by atoms with E-state index in [-0.39, 0.29) is 18.4 Å². The lowest BCUT2D eigenvalue weighted by Crippen LogP contribution is -2.52. The molecule has 3 N–H and O–H groups in total. The number of amides is 3. The summed E-state index contributed by atoms with van der Waals surface area (Å²) < 4.78 is 1.47. The predicted molar refractivity (Wildman–Crippen MR) is 140 cm³/mol. The van der Waals surface area contributed by atoms with E-state index < -0.39 is 11.9 Å². The zero-order chi connectivity index (χ0) is 26.6. The Morgan fingerprint density at radius 1 is 0.973 bits per heavy atom. The molecule has 0 aliphatic carbocycles. The van der Waals surface area contributed by atoms with Gasteiger partial charge in [0, 0.05) is 24.2 Å². The lowest BCUT2D eigenvalue weighted by Gasteiger charge is -2.19. The van der Waals surface area contributed by atoms with Gasteiger partial charge in [-0.3, -0.25) is 14.4 Å². The van der Waals surface area contributed by atoms with Gasteiger partial charge in [-0.05, 0) is 77.6 Å². The molecule has 0 aliphatic heterocycles. The highest BCUT2D eigenvalue weighted by atomic mass is 16.2. The zero-order valence-corrected chi connectivity index (χ0v) is 21.5. The second kappa shape index (κ2) is 13.9. The number of nitrogens with zero attached hydrogens (tertiary/aromatic N) is 4. The number of nitrogens with one attached hydrogen (secondary N) is 3. The van der Waals surface area contributed by atoms with Gasteiger partial charge in [0.25, 0.3) is 11.8 Å². The third-order valence-corrected chi connectivity index (χ3v) is 5.70. The van der Waals surface area contributed by atoms with Gasteiger partial charge in [-0.15, -0.1) is 5.10 Å². The molecule has 2 aromatic carbocycles. The van der Waals surface area contributed by atoms with Crippen molar-refractivity contribution in [2.45, 2.75) is 52.5 Å². The van der Waals surface area contributed by atoms with Crippen LogP contribution in [0.25, 0.3) is 5.69 Å². The number of tetrazole rings is 1. The van der Waals surface area contributed by atoms with Crippen LogP contribution in [-0.2, 0) is 11.2 Å². The number of unbranched alkanes of at least 4 members (excludes halogenated alkanes) is 1. The number of benzene rings is 2. The van der Waals surface area contributed by atoms with E-state index in [0.29, 0.717) is 29.2 Å². The normalized spacial score (nSPS) is 11.7. The van der Waals surface area contributed by atoms with Crippen molar-refractivity contribution in [1.82, 2.24) is 36.2 Å². The highest BCUT2D eigenvalue weighted by Gasteiger charge is 2.22. The van der Waals surface area contributed by atoms with Crippen molar-refractivity contribution in [3.05, 3.63) is 78.1 Å². The first-order chi connectivity index (χ1) is 17.9. The molecule has 1 radical (unpaired) electrons. The molecule has 10 heteroatoms. The number of rotatable bonds is 13. The van der Waals surface area contributed by atoms with Crippen LogP contribution in [0.15, 0.2) is 54.9 Å². The summed E-state index contributed by atoms with van der Waals surface area (Å²) in [6, 6.07) is 13.1. The van der Waals surface area contributed by atoms with Gasteiger partial charge in [0.1, 0.15) is 12.4 Å². The van der Waals surface area contributed by atoms with Crippen molar-refractivity contribution in [1.29, 1.82) is 0 Å². The minimum absolute atomic E-state index is 0.0742. The molecule has 0 fully saturated rings. The Morgan fingerprint density at radius 2 is 1.65 bits per heavy atom. The number of carbonyl (C=O) groups excluding carboxylic acids is 3. The fraction of sp³-hybridized carbons (Fsp3) is 0.370. The van der Waals surface area contributed by atoms with Crippen LogP contribution in [0.4, 0.5) is 0 Å². The average molecular weight is 505 g/mol. The van der Waals surface area contributed by atoms with Crippen molar-refractivity contribution >= 4 is 17.7 Å². The van der Waals surface area contributed by atoms with Gasteiger partial charge in [0.15, 0.2) is 0 Å². The summed E-state index contributed by atoms with van der Waals surface area (Å²) in [5.74, 6) is -0.786. The third-order valence-electron chi connectivity index (χ3n) is 5.70. The Hall–Kier alpha value is -4.08. The molecule has 3 amide bonds. The fourth-order valence-electron chi connectivity index (χ4n) is 3.49. The Morgan fingerprint density at radius 3 is 2.27 bits per heavy atom. The Balaban J connectivity index is 1.63. The second-order valence-corrected chi connectivity index (χ2v) is 9.18. The Labute approximate surface area is 217 Å². The monoisotopic (exact) mass is 504 g/mol. The highest BCUT2D eigenvalue weighted by Crippen LogP contribution is 2.10. The van der Waals surface area contributed by atoms with Crippen molar-refractivity contribution in [2.24, 2.45) is 5.92 Å². The van der Waals surface area contributed by atoms with Crippen LogP contribution in [0.1, 0.15) is 66.3 Å². The number of aryl methyl sites for hydroxylation is 1. The molecule has 3 rings (SSSR count). The van der Waals surface area contributed by atoms with Gasteiger partial charge in [-0.25, -0.2) is 4.68 Å². The molecule has 0 saturated carbocycles. The van der Waals surface area contributed by atoms with Gasteiger partial charge in [-0.1, -0.05) is 39.3 Å². The minimum Gasteiger partial charge on any atom is -0.349 e. The number of hydrogen-bond acceptors (Lipinski definition) is 6. The smallest absolute Gasteiger partial charge is 0.251 e. The van der Waals surface area contributed by atoms with E-state index >= 15 is 0 Å². The molecule has 3 aromatic rings. The quantitative estimate of drug-likeness (QED) is 0.328. The van der Waals surface area contributed by atoms with Crippen molar-refractivity contribution in [3.8, 4) is 5.69 Å². The lowest BCUT2D eigenvalue weighted by atomic mass is 10.1. The highest BCUT2D eigenvalue weighted by molar-refractivity contribution is 5.98. The largest absolute Gasteiger partial charge is 0.349 e. The van der Waals surface area contributed by atoms with Gasteiger partial charge in [-0.2, -0.15) is 0 Å². The van der Waals surface area contributed by atoms with Crippen LogP contribution in [0.2, 0.25) is 0 Å². The van der Waals surface area contributed by atoms with E-state index in [4.69, 9.17) is 0 Å². The summed E-state index contributed by atoms with van der Waals surface area (Å²) in [5, 5.41) is 19.2. The van der Waals surface area contributed by atoms with Crippen LogP contribution in [0.3, 0.4) is 0 Å². The Bertz CT molecular complexity index is 1140. The molecule has 1 heterocycles. The molecule has 10 nitrogen and oxygen atoms in total. The number of aromatic nitrogens is 4. The zero-order valence-electron chi connectivity index (χ0n) is 21.5. The van der Waals surface area contributed by atoms with Gasteiger partial charge < -0.3 is 16.0 Å². The van der Waals surface area contributed by atoms with E-state index in [1.165, 1.54) is 11.0 Å². The standard InChI is InChI=1S/C27H34N7O3/c1-4-5-6-20-7-9-22(10-8-20)26(36)31-24(27(37)28-16-15-19(2)3)17-29-25(35)21-11-13-23(14-12-21)34-18-30-32-33-34/h7-14,16,18-19,24H,4-6,15,17H2,1-3H3,(H,28,37)(H,29,35)(H,31,36)/t24-/m0/s1. The molecule has 1 atom stereocenters. The second-order valence-electron chi connectivity index (χ2n) is 9.18. The molecule has 0 spiro atoms. The molecule has 0 saturated heterocycles. The van der Waals surface area contributed by atoms with Crippen LogP contribution in [0.5, 0.6) is 0 Å². The molecule has 195 valence electrons. The number of carbonyl (C=O) groups is 3. The van der Waals surface area contributed by atoms with Gasteiger partial charge in [0.2, 0.25) is 5.91 Å². The summed E-state index contributed by atoms with van der Waals surface area (Å²) in [4.78, 5) is 38.5. The SMILES string of the molecule is CCCCc1ccc(C(=O)N[C@@H](CNC(=O)c2ccc(-n3cnnn3)cc2)C(=O)N[CH]CC(C)C)cc1. The molecular weight excluding hydrogens is 470 g/mol. The van der Waals surface area contributed by atoms with Crippen LogP contribution in [-0.4, -0.2) is 50.5 Å². The lowest BCUT2D eigenvalue weighted by molar-refractivity contribution is -0.122. The van der Waals surface area contributed by atoms with Crippen LogP contribution < -0.4 is 16.0 Å². The molecule has 0 unspecified atom stereocenters. The predicted octanol–water partition coefficient (Wildman–Crippen LogP) is 2.86. The van der Waals surface area contributed by atoms with E-state index in [9.17, 15) is 14.4 Å². The maximum absolute atomic E-state index is 12.9. The summed E-state index contributed by atoms with van der Waals surface area (Å²) in [5.41, 5.74) is 2.71. The van der Waals surface area contributed by atoms with Crippen LogP contribution in [0, 0.1) is 12.5 Å². The van der Waals surface area contributed by atoms with E-state index in [1.54, 1.807) is 42.9 Å². The summed E-state index contributed by atoms with van der Waals surface area (Å²) >= 11 is 0. The van der Waals surface area contributed by atoms with Crippen molar-refractivity contribution < 1.29 is 14.4 Å². The summed E-state index contributed by atoms with van der Waals surface area (Å²) in [6.45, 7) is 7.81. The summed E-state index contributed by atoms with van der Waals surface area (Å²) in [6.07, 6.45) is 5.28.